The van der Waals surface area contributed by atoms with Gasteiger partial charge >= 0.3 is 0 Å². The number of hydrogen-bond acceptors (Lipinski definition) is 4. The summed E-state index contributed by atoms with van der Waals surface area (Å²) < 4.78 is 5.03. The van der Waals surface area contributed by atoms with Crippen molar-refractivity contribution in [3.63, 3.8) is 0 Å². The van der Waals surface area contributed by atoms with Crippen LogP contribution < -0.4 is 5.32 Å². The SMILES string of the molecule is CCN(C(=O)C(CS)NC(C)=O)C(C)COC. The summed E-state index contributed by atoms with van der Waals surface area (Å²) in [4.78, 5) is 24.8. The third-order valence-corrected chi connectivity index (χ3v) is 2.79. The van der Waals surface area contributed by atoms with Crippen LogP contribution in [-0.2, 0) is 14.3 Å². The molecule has 0 aliphatic carbocycles. The van der Waals surface area contributed by atoms with E-state index in [1.54, 1.807) is 12.0 Å². The van der Waals surface area contributed by atoms with Crippen molar-refractivity contribution in [3.8, 4) is 0 Å². The Morgan fingerprint density at radius 1 is 1.47 bits per heavy atom. The second kappa shape index (κ2) is 8.36. The van der Waals surface area contributed by atoms with Crippen molar-refractivity contribution >= 4 is 24.4 Å². The summed E-state index contributed by atoms with van der Waals surface area (Å²) in [6.45, 7) is 6.24. The fourth-order valence-corrected chi connectivity index (χ4v) is 1.89. The van der Waals surface area contributed by atoms with Crippen molar-refractivity contribution < 1.29 is 14.3 Å². The van der Waals surface area contributed by atoms with E-state index in [-0.39, 0.29) is 23.6 Å². The Labute approximate surface area is 108 Å². The molecule has 0 aromatic heterocycles. The summed E-state index contributed by atoms with van der Waals surface area (Å²) in [5.74, 6) is -0.0654. The third-order valence-electron chi connectivity index (χ3n) is 2.42. The Morgan fingerprint density at radius 3 is 2.41 bits per heavy atom. The molecule has 0 saturated heterocycles. The van der Waals surface area contributed by atoms with Gasteiger partial charge in [-0.15, -0.1) is 0 Å². The fraction of sp³-hybridized carbons (Fsp3) is 0.818. The molecule has 0 heterocycles. The summed E-state index contributed by atoms with van der Waals surface area (Å²) in [5.41, 5.74) is 0. The van der Waals surface area contributed by atoms with Crippen LogP contribution in [0.15, 0.2) is 0 Å². The zero-order valence-corrected chi connectivity index (χ0v) is 11.8. The summed E-state index contributed by atoms with van der Waals surface area (Å²) in [6.07, 6.45) is 0. The van der Waals surface area contributed by atoms with E-state index in [1.165, 1.54) is 6.92 Å². The van der Waals surface area contributed by atoms with Crippen LogP contribution in [0.1, 0.15) is 20.8 Å². The summed E-state index contributed by atoms with van der Waals surface area (Å²) >= 11 is 4.09. The molecule has 0 rings (SSSR count). The van der Waals surface area contributed by atoms with E-state index in [4.69, 9.17) is 4.74 Å². The number of methoxy groups -OCH3 is 1. The van der Waals surface area contributed by atoms with Crippen LogP contribution in [0, 0.1) is 0 Å². The van der Waals surface area contributed by atoms with E-state index >= 15 is 0 Å². The highest BCUT2D eigenvalue weighted by atomic mass is 32.1. The Morgan fingerprint density at radius 2 is 2.06 bits per heavy atom. The smallest absolute Gasteiger partial charge is 0.246 e. The minimum atomic E-state index is -0.574. The number of carbonyl (C=O) groups is 2. The second-order valence-electron chi connectivity index (χ2n) is 3.86. The standard InChI is InChI=1S/C11H22N2O3S/c1-5-13(8(2)6-16-4)11(15)10(7-17)12-9(3)14/h8,10,17H,5-7H2,1-4H3,(H,12,14). The van der Waals surface area contributed by atoms with E-state index in [2.05, 4.69) is 17.9 Å². The Kier molecular flexibility index (Phi) is 7.99. The van der Waals surface area contributed by atoms with Gasteiger partial charge in [-0.2, -0.15) is 12.6 Å². The van der Waals surface area contributed by atoms with Crippen molar-refractivity contribution in [2.75, 3.05) is 26.0 Å². The molecule has 1 N–H and O–H groups in total. The van der Waals surface area contributed by atoms with Gasteiger partial charge < -0.3 is 15.0 Å². The number of nitrogens with zero attached hydrogens (tertiary/aromatic N) is 1. The Hall–Kier alpha value is -0.750. The average Bonchev–Trinajstić information content (AvgIpc) is 2.26. The normalized spacial score (nSPS) is 13.9. The fourth-order valence-electron chi connectivity index (χ4n) is 1.65. The predicted molar refractivity (Wildman–Crippen MR) is 70.2 cm³/mol. The van der Waals surface area contributed by atoms with Gasteiger partial charge in [0, 0.05) is 26.3 Å². The van der Waals surface area contributed by atoms with Gasteiger partial charge in [0.1, 0.15) is 6.04 Å². The van der Waals surface area contributed by atoms with Crippen LogP contribution in [-0.4, -0.2) is 54.8 Å². The van der Waals surface area contributed by atoms with E-state index in [0.717, 1.165) is 0 Å². The van der Waals surface area contributed by atoms with Crippen LogP contribution in [0.25, 0.3) is 0 Å². The number of amides is 2. The van der Waals surface area contributed by atoms with Gasteiger partial charge in [-0.25, -0.2) is 0 Å². The molecule has 0 aliphatic rings. The number of hydrogen-bond donors (Lipinski definition) is 2. The minimum absolute atomic E-state index is 0.0198. The third kappa shape index (κ3) is 5.41. The molecule has 0 aromatic rings. The molecule has 100 valence electrons. The molecular weight excluding hydrogens is 240 g/mol. The lowest BCUT2D eigenvalue weighted by Gasteiger charge is -2.30. The highest BCUT2D eigenvalue weighted by Gasteiger charge is 2.26. The number of ether oxygens (including phenoxy) is 1. The van der Waals surface area contributed by atoms with E-state index < -0.39 is 6.04 Å². The largest absolute Gasteiger partial charge is 0.383 e. The first-order valence-corrected chi connectivity index (χ1v) is 6.28. The lowest BCUT2D eigenvalue weighted by molar-refractivity contribution is -0.137. The molecule has 0 fully saturated rings. The minimum Gasteiger partial charge on any atom is -0.383 e. The second-order valence-corrected chi connectivity index (χ2v) is 4.23. The number of nitrogens with one attached hydrogen (secondary N) is 1. The first-order chi connectivity index (χ1) is 7.97. The number of likely N-dealkylation sites (N-methyl/N-ethyl adjacent to an activating group) is 1. The molecule has 0 saturated carbocycles. The topological polar surface area (TPSA) is 58.6 Å². The van der Waals surface area contributed by atoms with Crippen LogP contribution in [0.3, 0.4) is 0 Å². The van der Waals surface area contributed by atoms with Gasteiger partial charge in [-0.05, 0) is 13.8 Å². The van der Waals surface area contributed by atoms with Gasteiger partial charge in [0.2, 0.25) is 11.8 Å². The molecule has 5 nitrogen and oxygen atoms in total. The zero-order valence-electron chi connectivity index (χ0n) is 10.9. The molecular formula is C11H22N2O3S. The first-order valence-electron chi connectivity index (χ1n) is 5.65. The first kappa shape index (κ1) is 16.2. The summed E-state index contributed by atoms with van der Waals surface area (Å²) in [7, 11) is 1.60. The van der Waals surface area contributed by atoms with Gasteiger partial charge in [0.05, 0.1) is 12.6 Å². The van der Waals surface area contributed by atoms with E-state index in [1.807, 2.05) is 13.8 Å². The maximum atomic E-state index is 12.2. The average molecular weight is 262 g/mol. The van der Waals surface area contributed by atoms with Crippen LogP contribution in [0.5, 0.6) is 0 Å². The van der Waals surface area contributed by atoms with Gasteiger partial charge in [-0.1, -0.05) is 0 Å². The van der Waals surface area contributed by atoms with Crippen LogP contribution in [0.4, 0.5) is 0 Å². The van der Waals surface area contributed by atoms with Crippen molar-refractivity contribution in [1.29, 1.82) is 0 Å². The predicted octanol–water partition coefficient (Wildman–Crippen LogP) is 0.304. The molecule has 0 aromatic carbocycles. The molecule has 0 spiro atoms. The number of rotatable bonds is 7. The van der Waals surface area contributed by atoms with Crippen LogP contribution >= 0.6 is 12.6 Å². The van der Waals surface area contributed by atoms with Crippen molar-refractivity contribution in [2.45, 2.75) is 32.9 Å². The molecule has 0 bridgehead atoms. The monoisotopic (exact) mass is 262 g/mol. The molecule has 6 heteroatoms. The highest BCUT2D eigenvalue weighted by Crippen LogP contribution is 2.04. The summed E-state index contributed by atoms with van der Waals surface area (Å²) in [6, 6.07) is -0.594. The molecule has 2 amide bonds. The van der Waals surface area contributed by atoms with Gasteiger partial charge in [0.15, 0.2) is 0 Å². The maximum absolute atomic E-state index is 12.2. The molecule has 0 radical (unpaired) electrons. The van der Waals surface area contributed by atoms with Gasteiger partial charge in [0.25, 0.3) is 0 Å². The quantitative estimate of drug-likeness (QED) is 0.649. The van der Waals surface area contributed by atoms with Crippen molar-refractivity contribution in [2.24, 2.45) is 0 Å². The highest BCUT2D eigenvalue weighted by molar-refractivity contribution is 7.80. The molecule has 0 aliphatic heterocycles. The van der Waals surface area contributed by atoms with E-state index in [9.17, 15) is 9.59 Å². The van der Waals surface area contributed by atoms with Crippen LogP contribution in [0.2, 0.25) is 0 Å². The molecule has 17 heavy (non-hydrogen) atoms. The van der Waals surface area contributed by atoms with Crippen molar-refractivity contribution in [1.82, 2.24) is 10.2 Å². The lowest BCUT2D eigenvalue weighted by Crippen LogP contribution is -2.52. The number of thiol groups is 1. The summed E-state index contributed by atoms with van der Waals surface area (Å²) in [5, 5.41) is 2.59. The molecule has 2 atom stereocenters. The number of carbonyl (C=O) groups excluding carboxylic acids is 2. The maximum Gasteiger partial charge on any atom is 0.246 e. The Bertz CT molecular complexity index is 261. The van der Waals surface area contributed by atoms with Gasteiger partial charge in [-0.3, -0.25) is 9.59 Å². The lowest BCUT2D eigenvalue weighted by atomic mass is 10.2. The molecule has 2 unspecified atom stereocenters. The van der Waals surface area contributed by atoms with E-state index in [0.29, 0.717) is 13.2 Å². The Balaban J connectivity index is 4.63. The van der Waals surface area contributed by atoms with Crippen molar-refractivity contribution in [3.05, 3.63) is 0 Å². The zero-order chi connectivity index (χ0) is 13.4.